The van der Waals surface area contributed by atoms with Crippen LogP contribution in [0, 0.1) is 10.1 Å². The van der Waals surface area contributed by atoms with Gasteiger partial charge in [-0.05, 0) is 18.2 Å². The molecule has 0 saturated heterocycles. The van der Waals surface area contributed by atoms with Crippen LogP contribution in [0.5, 0.6) is 0 Å². The summed E-state index contributed by atoms with van der Waals surface area (Å²) in [5.41, 5.74) is -1.36. The van der Waals surface area contributed by atoms with Crippen LogP contribution in [0.4, 0.5) is 18.9 Å². The number of aromatic nitrogens is 2. The fraction of sp³-hybridized carbons (Fsp3) is 0.250. The summed E-state index contributed by atoms with van der Waals surface area (Å²) in [5.74, 6) is -0.482. The average molecular weight is 349 g/mol. The highest BCUT2D eigenvalue weighted by Crippen LogP contribution is 2.27. The third-order valence-corrected chi connectivity index (χ3v) is 4.64. The van der Waals surface area contributed by atoms with Gasteiger partial charge in [-0.3, -0.25) is 14.8 Å². The predicted octanol–water partition coefficient (Wildman–Crippen LogP) is 2.28. The van der Waals surface area contributed by atoms with E-state index in [1.807, 2.05) is 0 Å². The molecule has 23 heavy (non-hydrogen) atoms. The van der Waals surface area contributed by atoms with Crippen molar-refractivity contribution >= 4 is 15.5 Å². The quantitative estimate of drug-likeness (QED) is 0.610. The number of benzene rings is 1. The minimum atomic E-state index is -4.59. The number of halogens is 3. The number of aryl methyl sites for hydroxylation is 1. The van der Waals surface area contributed by atoms with Crippen molar-refractivity contribution in [1.29, 1.82) is 0 Å². The van der Waals surface area contributed by atoms with E-state index in [1.54, 1.807) is 0 Å². The molecule has 2 aromatic rings. The maximum Gasteiger partial charge on any atom is 0.435 e. The van der Waals surface area contributed by atoms with Crippen LogP contribution in [0.15, 0.2) is 41.4 Å². The number of hydrogen-bond donors (Lipinski definition) is 0. The lowest BCUT2D eigenvalue weighted by Gasteiger charge is -2.05. The molecule has 1 aromatic heterocycles. The Balaban J connectivity index is 2.09. The number of non-ortho nitro benzene ring substituents is 1. The molecule has 2 rings (SSSR count). The molecule has 0 N–H and O–H groups in total. The fourth-order valence-corrected chi connectivity index (χ4v) is 2.96. The van der Waals surface area contributed by atoms with Crippen molar-refractivity contribution in [2.75, 3.05) is 5.75 Å². The molecule has 0 aliphatic rings. The Bertz CT molecular complexity index is 813. The van der Waals surface area contributed by atoms with Gasteiger partial charge in [-0.15, -0.1) is 0 Å². The van der Waals surface area contributed by atoms with Gasteiger partial charge in [0.1, 0.15) is 0 Å². The van der Waals surface area contributed by atoms with Gasteiger partial charge in [-0.25, -0.2) is 8.42 Å². The molecule has 0 saturated carbocycles. The molecule has 0 bridgehead atoms. The van der Waals surface area contributed by atoms with Crippen molar-refractivity contribution in [3.8, 4) is 0 Å². The number of rotatable bonds is 5. The first-order valence-electron chi connectivity index (χ1n) is 6.17. The van der Waals surface area contributed by atoms with Gasteiger partial charge in [-0.2, -0.15) is 18.3 Å². The van der Waals surface area contributed by atoms with E-state index in [9.17, 15) is 31.7 Å². The van der Waals surface area contributed by atoms with E-state index in [0.717, 1.165) is 41.2 Å². The van der Waals surface area contributed by atoms with Crippen molar-refractivity contribution < 1.29 is 26.5 Å². The van der Waals surface area contributed by atoms with Crippen LogP contribution in [0.2, 0.25) is 0 Å². The fourth-order valence-electron chi connectivity index (χ4n) is 1.74. The van der Waals surface area contributed by atoms with Crippen LogP contribution in [0.3, 0.4) is 0 Å². The SMILES string of the molecule is O=[N+]([O-])c1ccc(S(=O)(=O)CCn2ccc(C(F)(F)F)n2)cc1. The third kappa shape index (κ3) is 4.06. The number of alkyl halides is 3. The summed E-state index contributed by atoms with van der Waals surface area (Å²) in [5, 5.41) is 13.8. The number of hydrogen-bond acceptors (Lipinski definition) is 5. The molecule has 0 unspecified atom stereocenters. The summed E-state index contributed by atoms with van der Waals surface area (Å²) < 4.78 is 62.2. The van der Waals surface area contributed by atoms with E-state index in [4.69, 9.17) is 0 Å². The first kappa shape index (κ1) is 16.9. The van der Waals surface area contributed by atoms with Crippen molar-refractivity contribution in [3.63, 3.8) is 0 Å². The van der Waals surface area contributed by atoms with Gasteiger partial charge in [0, 0.05) is 18.3 Å². The maximum absolute atomic E-state index is 12.4. The topological polar surface area (TPSA) is 95.1 Å². The minimum Gasteiger partial charge on any atom is -0.271 e. The summed E-state index contributed by atoms with van der Waals surface area (Å²) in [4.78, 5) is 9.69. The number of nitro groups is 1. The van der Waals surface area contributed by atoms with Crippen LogP contribution in [0.1, 0.15) is 5.69 Å². The zero-order valence-corrected chi connectivity index (χ0v) is 12.2. The molecule has 0 fully saturated rings. The number of nitrogens with zero attached hydrogens (tertiary/aromatic N) is 3. The summed E-state index contributed by atoms with van der Waals surface area (Å²) in [6, 6.07) is 5.00. The van der Waals surface area contributed by atoms with Gasteiger partial charge >= 0.3 is 6.18 Å². The van der Waals surface area contributed by atoms with E-state index in [-0.39, 0.29) is 17.1 Å². The normalized spacial score (nSPS) is 12.3. The lowest BCUT2D eigenvalue weighted by atomic mass is 10.3. The molecule has 0 amide bonds. The van der Waals surface area contributed by atoms with E-state index in [2.05, 4.69) is 5.10 Å². The third-order valence-electron chi connectivity index (χ3n) is 2.93. The summed E-state index contributed by atoms with van der Waals surface area (Å²) in [6.45, 7) is -0.268. The number of sulfone groups is 1. The van der Waals surface area contributed by atoms with Gasteiger partial charge < -0.3 is 0 Å². The van der Waals surface area contributed by atoms with Crippen LogP contribution in [0.25, 0.3) is 0 Å². The van der Waals surface area contributed by atoms with Crippen molar-refractivity contribution in [1.82, 2.24) is 9.78 Å². The molecule has 7 nitrogen and oxygen atoms in total. The molecule has 1 heterocycles. The molecule has 1 aromatic carbocycles. The first-order chi connectivity index (χ1) is 10.6. The number of nitro benzene ring substituents is 1. The zero-order chi connectivity index (χ0) is 17.3. The second-order valence-corrected chi connectivity index (χ2v) is 6.64. The molecular formula is C12H10F3N3O4S. The standard InChI is InChI=1S/C12H10F3N3O4S/c13-12(14,15)11-5-6-17(16-11)7-8-23(21,22)10-3-1-9(2-4-10)18(19)20/h1-6H,7-8H2. The van der Waals surface area contributed by atoms with Crippen molar-refractivity contribution in [2.24, 2.45) is 0 Å². The molecule has 0 aliphatic carbocycles. The van der Waals surface area contributed by atoms with E-state index in [0.29, 0.717) is 0 Å². The molecule has 124 valence electrons. The van der Waals surface area contributed by atoms with Crippen molar-refractivity contribution in [2.45, 2.75) is 17.6 Å². The van der Waals surface area contributed by atoms with Gasteiger partial charge in [0.25, 0.3) is 5.69 Å². The van der Waals surface area contributed by atoms with E-state index in [1.165, 1.54) is 0 Å². The van der Waals surface area contributed by atoms with Gasteiger partial charge in [0.2, 0.25) is 0 Å². The maximum atomic E-state index is 12.4. The van der Waals surface area contributed by atoms with Gasteiger partial charge in [-0.1, -0.05) is 0 Å². The lowest BCUT2D eigenvalue weighted by molar-refractivity contribution is -0.384. The van der Waals surface area contributed by atoms with E-state index >= 15 is 0 Å². The predicted molar refractivity (Wildman–Crippen MR) is 72.4 cm³/mol. The van der Waals surface area contributed by atoms with Crippen LogP contribution in [-0.2, 0) is 22.6 Å². The molecule has 0 spiro atoms. The highest BCUT2D eigenvalue weighted by atomic mass is 32.2. The Hall–Kier alpha value is -2.43. The van der Waals surface area contributed by atoms with Crippen molar-refractivity contribution in [3.05, 3.63) is 52.3 Å². The summed E-state index contributed by atoms with van der Waals surface area (Å²) >= 11 is 0. The molecule has 0 aliphatic heterocycles. The Labute approximate surface area is 128 Å². The highest BCUT2D eigenvalue weighted by Gasteiger charge is 2.33. The van der Waals surface area contributed by atoms with Crippen LogP contribution >= 0.6 is 0 Å². The zero-order valence-electron chi connectivity index (χ0n) is 11.4. The molecule has 0 atom stereocenters. The monoisotopic (exact) mass is 349 g/mol. The van der Waals surface area contributed by atoms with E-state index < -0.39 is 32.4 Å². The summed E-state index contributed by atoms with van der Waals surface area (Å²) in [6.07, 6.45) is -3.56. The van der Waals surface area contributed by atoms with Crippen LogP contribution < -0.4 is 0 Å². The molecular weight excluding hydrogens is 339 g/mol. The Morgan fingerprint density at radius 1 is 1.17 bits per heavy atom. The van der Waals surface area contributed by atoms with Crippen LogP contribution in [-0.4, -0.2) is 28.9 Å². The smallest absolute Gasteiger partial charge is 0.271 e. The first-order valence-corrected chi connectivity index (χ1v) is 7.83. The average Bonchev–Trinajstić information content (AvgIpc) is 2.94. The minimum absolute atomic E-state index is 0.147. The molecule has 0 radical (unpaired) electrons. The second-order valence-electron chi connectivity index (χ2n) is 4.53. The molecule has 11 heteroatoms. The Morgan fingerprint density at radius 3 is 2.26 bits per heavy atom. The van der Waals surface area contributed by atoms with Gasteiger partial charge in [0.15, 0.2) is 15.5 Å². The Morgan fingerprint density at radius 2 is 1.78 bits per heavy atom. The second kappa shape index (κ2) is 5.99. The lowest BCUT2D eigenvalue weighted by Crippen LogP contribution is -2.15. The highest BCUT2D eigenvalue weighted by molar-refractivity contribution is 7.91. The Kier molecular flexibility index (Phi) is 4.41. The summed E-state index contributed by atoms with van der Waals surface area (Å²) in [7, 11) is -3.79. The van der Waals surface area contributed by atoms with Gasteiger partial charge in [0.05, 0.1) is 22.1 Å². The largest absolute Gasteiger partial charge is 0.435 e.